The first-order valence-corrected chi connectivity index (χ1v) is 12.3. The minimum Gasteiger partial charge on any atom is -0.493 e. The molecule has 0 atom stereocenters. The van der Waals surface area contributed by atoms with Crippen molar-refractivity contribution in [3.8, 4) is 11.5 Å². The van der Waals surface area contributed by atoms with E-state index in [9.17, 15) is 14.4 Å². The molecule has 1 saturated heterocycles. The van der Waals surface area contributed by atoms with E-state index in [4.69, 9.17) is 32.7 Å². The molecule has 184 valence electrons. The fourth-order valence-electron chi connectivity index (χ4n) is 3.33. The maximum absolute atomic E-state index is 12.8. The van der Waals surface area contributed by atoms with Crippen LogP contribution in [-0.4, -0.2) is 35.6 Å². The topological polar surface area (TPSA) is 84.9 Å². The predicted octanol–water partition coefficient (Wildman–Crippen LogP) is 6.26. The number of carbonyl (C=O) groups excluding carboxylic acids is 3. The van der Waals surface area contributed by atoms with Crippen molar-refractivity contribution in [2.75, 3.05) is 19.0 Å². The Bertz CT molecular complexity index is 1340. The maximum atomic E-state index is 12.8. The average Bonchev–Trinajstić information content (AvgIpc) is 3.12. The quantitative estimate of drug-likeness (QED) is 0.338. The first-order valence-electron chi connectivity index (χ1n) is 10.7. The molecule has 1 aliphatic rings. The minimum absolute atomic E-state index is 0.200. The van der Waals surface area contributed by atoms with E-state index in [0.717, 1.165) is 22.2 Å². The Kier molecular flexibility index (Phi) is 8.20. The van der Waals surface area contributed by atoms with E-state index >= 15 is 0 Å². The molecule has 0 saturated carbocycles. The smallest absolute Gasteiger partial charge is 0.294 e. The van der Waals surface area contributed by atoms with Gasteiger partial charge in [-0.2, -0.15) is 0 Å². The van der Waals surface area contributed by atoms with Gasteiger partial charge in [-0.1, -0.05) is 47.5 Å². The summed E-state index contributed by atoms with van der Waals surface area (Å²) in [5.41, 5.74) is 1.97. The third-order valence-electron chi connectivity index (χ3n) is 5.13. The highest BCUT2D eigenvalue weighted by Crippen LogP contribution is 2.35. The fourth-order valence-corrected chi connectivity index (χ4v) is 4.48. The van der Waals surface area contributed by atoms with Crippen LogP contribution in [0.3, 0.4) is 0 Å². The SMILES string of the molecule is COc1cc(/C=C2/SC(=O)N(CC(=O)Nc3ccc(Cl)cc3)C2=O)ccc1OCc1ccccc1Cl. The van der Waals surface area contributed by atoms with Crippen LogP contribution in [0, 0.1) is 0 Å². The Morgan fingerprint density at radius 1 is 1.03 bits per heavy atom. The van der Waals surface area contributed by atoms with Gasteiger partial charge in [-0.25, -0.2) is 0 Å². The Hall–Kier alpha value is -3.46. The molecule has 1 N–H and O–H groups in total. The Balaban J connectivity index is 1.43. The lowest BCUT2D eigenvalue weighted by Crippen LogP contribution is -2.36. The van der Waals surface area contributed by atoms with Gasteiger partial charge >= 0.3 is 0 Å². The van der Waals surface area contributed by atoms with Crippen molar-refractivity contribution < 1.29 is 23.9 Å². The van der Waals surface area contributed by atoms with E-state index in [2.05, 4.69) is 5.32 Å². The third-order valence-corrected chi connectivity index (χ3v) is 6.66. The van der Waals surface area contributed by atoms with Crippen molar-refractivity contribution in [1.82, 2.24) is 4.90 Å². The average molecular weight is 543 g/mol. The number of carbonyl (C=O) groups is 3. The van der Waals surface area contributed by atoms with Crippen molar-refractivity contribution in [2.24, 2.45) is 0 Å². The molecule has 0 aliphatic carbocycles. The molecule has 0 radical (unpaired) electrons. The minimum atomic E-state index is -0.547. The number of rotatable bonds is 8. The second-order valence-electron chi connectivity index (χ2n) is 7.61. The van der Waals surface area contributed by atoms with Crippen LogP contribution >= 0.6 is 35.0 Å². The summed E-state index contributed by atoms with van der Waals surface area (Å²) in [6.07, 6.45) is 1.57. The number of halogens is 2. The lowest BCUT2D eigenvalue weighted by atomic mass is 10.1. The molecular formula is C26H20Cl2N2O5S. The van der Waals surface area contributed by atoms with Gasteiger partial charge in [-0.15, -0.1) is 0 Å². The summed E-state index contributed by atoms with van der Waals surface area (Å²) in [6.45, 7) is -0.144. The molecule has 7 nitrogen and oxygen atoms in total. The Morgan fingerprint density at radius 2 is 1.78 bits per heavy atom. The number of nitrogens with zero attached hydrogens (tertiary/aromatic N) is 1. The lowest BCUT2D eigenvalue weighted by molar-refractivity contribution is -0.127. The molecule has 4 rings (SSSR count). The summed E-state index contributed by atoms with van der Waals surface area (Å²) in [5, 5.41) is 3.25. The van der Waals surface area contributed by atoms with Crippen molar-refractivity contribution in [3.63, 3.8) is 0 Å². The van der Waals surface area contributed by atoms with Crippen LogP contribution in [0.2, 0.25) is 10.0 Å². The molecule has 3 amide bonds. The number of nitrogens with one attached hydrogen (secondary N) is 1. The van der Waals surface area contributed by atoms with Crippen molar-refractivity contribution in [2.45, 2.75) is 6.61 Å². The fraction of sp³-hybridized carbons (Fsp3) is 0.115. The second kappa shape index (κ2) is 11.5. The maximum Gasteiger partial charge on any atom is 0.294 e. The zero-order valence-electron chi connectivity index (χ0n) is 19.0. The number of benzene rings is 3. The van der Waals surface area contributed by atoms with E-state index in [0.29, 0.717) is 32.8 Å². The van der Waals surface area contributed by atoms with Crippen LogP contribution < -0.4 is 14.8 Å². The molecule has 0 spiro atoms. The summed E-state index contributed by atoms with van der Waals surface area (Å²) in [5.74, 6) is -0.0873. The zero-order valence-corrected chi connectivity index (χ0v) is 21.3. The number of imide groups is 1. The van der Waals surface area contributed by atoms with E-state index in [1.807, 2.05) is 18.2 Å². The van der Waals surface area contributed by atoms with E-state index < -0.39 is 23.6 Å². The number of anilines is 1. The number of thioether (sulfide) groups is 1. The summed E-state index contributed by atoms with van der Waals surface area (Å²) in [7, 11) is 1.51. The van der Waals surface area contributed by atoms with Gasteiger partial charge in [0.05, 0.1) is 12.0 Å². The molecule has 36 heavy (non-hydrogen) atoms. The number of ether oxygens (including phenoxy) is 2. The predicted molar refractivity (Wildman–Crippen MR) is 142 cm³/mol. The summed E-state index contributed by atoms with van der Waals surface area (Å²) in [4.78, 5) is 38.7. The summed E-state index contributed by atoms with van der Waals surface area (Å²) < 4.78 is 11.3. The molecule has 1 heterocycles. The number of amides is 3. The van der Waals surface area contributed by atoms with E-state index in [1.165, 1.54) is 7.11 Å². The molecule has 0 unspecified atom stereocenters. The van der Waals surface area contributed by atoms with Crippen molar-refractivity contribution in [3.05, 3.63) is 92.8 Å². The molecule has 0 aromatic heterocycles. The molecular weight excluding hydrogens is 523 g/mol. The number of methoxy groups -OCH3 is 1. The molecule has 1 aliphatic heterocycles. The molecule has 0 bridgehead atoms. The second-order valence-corrected chi connectivity index (χ2v) is 9.45. The van der Waals surface area contributed by atoms with Crippen LogP contribution in [0.4, 0.5) is 10.5 Å². The highest BCUT2D eigenvalue weighted by Gasteiger charge is 2.36. The lowest BCUT2D eigenvalue weighted by Gasteiger charge is -2.13. The number of hydrogen-bond acceptors (Lipinski definition) is 6. The van der Waals surface area contributed by atoms with Gasteiger partial charge in [-0.3, -0.25) is 19.3 Å². The standard InChI is InChI=1S/C26H20Cl2N2O5S/c1-34-22-12-16(6-11-21(22)35-15-17-4-2-3-5-20(17)28)13-23-25(32)30(26(33)36-23)14-24(31)29-19-9-7-18(27)8-10-19/h2-13H,14-15H2,1H3,(H,29,31)/b23-13+. The first-order chi connectivity index (χ1) is 17.3. The zero-order chi connectivity index (χ0) is 25.7. The summed E-state index contributed by atoms with van der Waals surface area (Å²) >= 11 is 12.8. The Labute approximate surface area is 222 Å². The van der Waals surface area contributed by atoms with Crippen molar-refractivity contribution >= 4 is 63.8 Å². The van der Waals surface area contributed by atoms with Crippen LogP contribution in [0.5, 0.6) is 11.5 Å². The van der Waals surface area contributed by atoms with E-state index in [-0.39, 0.29) is 11.5 Å². The van der Waals surface area contributed by atoms with Gasteiger partial charge in [0.25, 0.3) is 11.1 Å². The third kappa shape index (κ3) is 6.20. The highest BCUT2D eigenvalue weighted by molar-refractivity contribution is 8.18. The van der Waals surface area contributed by atoms with Gasteiger partial charge in [0, 0.05) is 21.3 Å². The number of hydrogen-bond donors (Lipinski definition) is 1. The van der Waals surface area contributed by atoms with Crippen LogP contribution in [0.15, 0.2) is 71.6 Å². The van der Waals surface area contributed by atoms with Gasteiger partial charge in [0.1, 0.15) is 13.2 Å². The first kappa shape index (κ1) is 25.6. The van der Waals surface area contributed by atoms with Gasteiger partial charge in [0.2, 0.25) is 5.91 Å². The molecule has 3 aromatic carbocycles. The molecule has 10 heteroatoms. The normalized spacial score (nSPS) is 14.3. The van der Waals surface area contributed by atoms with Crippen molar-refractivity contribution in [1.29, 1.82) is 0 Å². The van der Waals surface area contributed by atoms with Gasteiger partial charge < -0.3 is 14.8 Å². The van der Waals surface area contributed by atoms with Crippen LogP contribution in [0.1, 0.15) is 11.1 Å². The van der Waals surface area contributed by atoms with Crippen LogP contribution in [-0.2, 0) is 16.2 Å². The van der Waals surface area contributed by atoms with E-state index in [1.54, 1.807) is 54.6 Å². The monoisotopic (exact) mass is 542 g/mol. The Morgan fingerprint density at radius 3 is 2.50 bits per heavy atom. The summed E-state index contributed by atoms with van der Waals surface area (Å²) in [6, 6.07) is 19.0. The van der Waals surface area contributed by atoms with Gasteiger partial charge in [-0.05, 0) is 65.9 Å². The molecule has 1 fully saturated rings. The largest absolute Gasteiger partial charge is 0.493 e. The van der Waals surface area contributed by atoms with Gasteiger partial charge in [0.15, 0.2) is 11.5 Å². The molecule has 3 aromatic rings. The highest BCUT2D eigenvalue weighted by atomic mass is 35.5. The van der Waals surface area contributed by atoms with Crippen LogP contribution in [0.25, 0.3) is 6.08 Å².